The molecule has 0 amide bonds. The van der Waals surface area contributed by atoms with Crippen molar-refractivity contribution in [2.24, 2.45) is 0 Å². The van der Waals surface area contributed by atoms with Crippen LogP contribution in [-0.2, 0) is 21.0 Å². The van der Waals surface area contributed by atoms with Gasteiger partial charge in [-0.3, -0.25) is 4.79 Å². The maximum absolute atomic E-state index is 13.5. The first kappa shape index (κ1) is 19.4. The fourth-order valence-corrected chi connectivity index (χ4v) is 3.24. The number of aliphatic carboxylic acids is 1. The molecule has 1 aromatic rings. The first-order chi connectivity index (χ1) is 10.2. The number of carbonyl (C=O) groups is 1. The number of sulfonamides is 1. The minimum atomic E-state index is -4.93. The van der Waals surface area contributed by atoms with Crippen molar-refractivity contribution >= 4 is 16.0 Å². The van der Waals surface area contributed by atoms with Crippen LogP contribution < -0.4 is 4.72 Å². The number of hydrogen-bond donors (Lipinski definition) is 2. The van der Waals surface area contributed by atoms with E-state index in [0.717, 1.165) is 0 Å². The summed E-state index contributed by atoms with van der Waals surface area (Å²) in [5.41, 5.74) is -2.74. The maximum Gasteiger partial charge on any atom is 0.419 e. The summed E-state index contributed by atoms with van der Waals surface area (Å²) in [5.74, 6) is -2.83. The highest BCUT2D eigenvalue weighted by molar-refractivity contribution is 7.89. The van der Waals surface area contributed by atoms with Crippen molar-refractivity contribution in [2.75, 3.05) is 0 Å². The van der Waals surface area contributed by atoms with Crippen molar-refractivity contribution in [2.45, 2.75) is 43.3 Å². The van der Waals surface area contributed by atoms with E-state index in [2.05, 4.69) is 4.72 Å². The Morgan fingerprint density at radius 3 is 2.26 bits per heavy atom. The molecule has 0 aliphatic heterocycles. The lowest BCUT2D eigenvalue weighted by molar-refractivity contribution is -0.140. The molecule has 1 aromatic carbocycles. The fraction of sp³-hybridized carbons (Fsp3) is 0.462. The minimum absolute atomic E-state index is 0.0509. The Balaban J connectivity index is 3.05. The number of nitrogens with one attached hydrogen (secondary N) is 1. The van der Waals surface area contributed by atoms with Crippen LogP contribution in [0.5, 0.6) is 0 Å². The van der Waals surface area contributed by atoms with E-state index in [1.54, 1.807) is 0 Å². The molecule has 0 unspecified atom stereocenters. The highest BCUT2D eigenvalue weighted by Gasteiger charge is 2.35. The van der Waals surface area contributed by atoms with E-state index in [-0.39, 0.29) is 18.9 Å². The molecular weight excluding hydrogens is 342 g/mol. The van der Waals surface area contributed by atoms with E-state index < -0.39 is 44.0 Å². The molecule has 0 heterocycles. The molecule has 5 nitrogen and oxygen atoms in total. The average Bonchev–Trinajstić information content (AvgIpc) is 2.33. The molecule has 0 spiro atoms. The molecular formula is C13H15F4NO4S. The van der Waals surface area contributed by atoms with Crippen LogP contribution in [0.15, 0.2) is 23.1 Å². The molecule has 0 aliphatic rings. The van der Waals surface area contributed by atoms with Gasteiger partial charge in [0.15, 0.2) is 0 Å². The van der Waals surface area contributed by atoms with Crippen LogP contribution in [0.2, 0.25) is 0 Å². The van der Waals surface area contributed by atoms with Crippen molar-refractivity contribution in [1.29, 1.82) is 0 Å². The molecule has 2 N–H and O–H groups in total. The number of carboxylic acids is 1. The summed E-state index contributed by atoms with van der Waals surface area (Å²) in [5, 5.41) is 8.60. The van der Waals surface area contributed by atoms with E-state index in [4.69, 9.17) is 5.11 Å². The van der Waals surface area contributed by atoms with E-state index in [9.17, 15) is 30.8 Å². The molecule has 0 aromatic heterocycles. The van der Waals surface area contributed by atoms with Gasteiger partial charge in [0.1, 0.15) is 5.82 Å². The SMILES string of the molecule is CC(C)(CCC(=O)O)NS(=O)(=O)c1ccc(C(F)(F)F)c(F)c1. The van der Waals surface area contributed by atoms with Gasteiger partial charge in [0.2, 0.25) is 10.0 Å². The normalized spacial score (nSPS) is 13.1. The monoisotopic (exact) mass is 357 g/mol. The maximum atomic E-state index is 13.5. The number of carboxylic acid groups (broad SMARTS) is 1. The average molecular weight is 357 g/mol. The largest absolute Gasteiger partial charge is 0.481 e. The molecule has 23 heavy (non-hydrogen) atoms. The first-order valence-electron chi connectivity index (χ1n) is 6.37. The van der Waals surface area contributed by atoms with Crippen LogP contribution >= 0.6 is 0 Å². The summed E-state index contributed by atoms with van der Waals surface area (Å²) in [6.45, 7) is 2.82. The number of rotatable bonds is 6. The third-order valence-electron chi connectivity index (χ3n) is 2.93. The Labute approximate surface area is 130 Å². The molecule has 0 fully saturated rings. The Bertz CT molecular complexity index is 698. The predicted molar refractivity (Wildman–Crippen MR) is 72.7 cm³/mol. The highest BCUT2D eigenvalue weighted by Crippen LogP contribution is 2.32. The van der Waals surface area contributed by atoms with Gasteiger partial charge in [-0.05, 0) is 38.5 Å². The van der Waals surface area contributed by atoms with Gasteiger partial charge in [0.25, 0.3) is 0 Å². The molecule has 0 bridgehead atoms. The van der Waals surface area contributed by atoms with E-state index in [0.29, 0.717) is 12.1 Å². The zero-order chi connectivity index (χ0) is 18.1. The van der Waals surface area contributed by atoms with E-state index >= 15 is 0 Å². The molecule has 10 heteroatoms. The summed E-state index contributed by atoms with van der Waals surface area (Å²) in [6.07, 6.45) is -5.29. The second-order valence-corrected chi connectivity index (χ2v) is 7.20. The molecule has 130 valence electrons. The van der Waals surface area contributed by atoms with Gasteiger partial charge in [-0.15, -0.1) is 0 Å². The molecule has 0 atom stereocenters. The Morgan fingerprint density at radius 1 is 1.26 bits per heavy atom. The summed E-state index contributed by atoms with van der Waals surface area (Å²) in [7, 11) is -4.30. The van der Waals surface area contributed by atoms with Crippen LogP contribution in [0.1, 0.15) is 32.3 Å². The third kappa shape index (κ3) is 5.47. The predicted octanol–water partition coefficient (Wildman–Crippen LogP) is 2.77. The van der Waals surface area contributed by atoms with Gasteiger partial charge >= 0.3 is 12.1 Å². The van der Waals surface area contributed by atoms with Crippen LogP contribution in [0, 0.1) is 5.82 Å². The van der Waals surface area contributed by atoms with Gasteiger partial charge in [-0.25, -0.2) is 17.5 Å². The smallest absolute Gasteiger partial charge is 0.419 e. The topological polar surface area (TPSA) is 83.5 Å². The van der Waals surface area contributed by atoms with Crippen LogP contribution in [0.4, 0.5) is 17.6 Å². The van der Waals surface area contributed by atoms with E-state index in [1.807, 2.05) is 0 Å². The van der Waals surface area contributed by atoms with Gasteiger partial charge in [0, 0.05) is 12.0 Å². The van der Waals surface area contributed by atoms with Crippen molar-refractivity contribution in [3.05, 3.63) is 29.6 Å². The fourth-order valence-electron chi connectivity index (χ4n) is 1.79. The van der Waals surface area contributed by atoms with Gasteiger partial charge in [0.05, 0.1) is 10.5 Å². The van der Waals surface area contributed by atoms with E-state index in [1.165, 1.54) is 13.8 Å². The molecule has 1 rings (SSSR count). The highest BCUT2D eigenvalue weighted by atomic mass is 32.2. The van der Waals surface area contributed by atoms with Gasteiger partial charge in [-0.2, -0.15) is 13.2 Å². The van der Waals surface area contributed by atoms with Crippen molar-refractivity contribution in [3.63, 3.8) is 0 Å². The second kappa shape index (κ2) is 6.44. The number of halogens is 4. The summed E-state index contributed by atoms with van der Waals surface area (Å²) < 4.78 is 77.2. The molecule has 0 saturated heterocycles. The minimum Gasteiger partial charge on any atom is -0.481 e. The standard InChI is InChI=1S/C13H15F4NO4S/c1-12(2,6-5-11(19)20)18-23(21,22)8-3-4-9(10(14)7-8)13(15,16)17/h3-4,7,18H,5-6H2,1-2H3,(H,19,20). The number of hydrogen-bond acceptors (Lipinski definition) is 3. The van der Waals surface area contributed by atoms with Gasteiger partial charge in [-0.1, -0.05) is 0 Å². The summed E-state index contributed by atoms with van der Waals surface area (Å²) in [4.78, 5) is 9.85. The number of alkyl halides is 3. The summed E-state index contributed by atoms with van der Waals surface area (Å²) in [6, 6.07) is 1.26. The third-order valence-corrected chi connectivity index (χ3v) is 4.63. The quantitative estimate of drug-likeness (QED) is 0.767. The molecule has 0 aliphatic carbocycles. The summed E-state index contributed by atoms with van der Waals surface area (Å²) >= 11 is 0. The number of benzene rings is 1. The van der Waals surface area contributed by atoms with Crippen molar-refractivity contribution in [1.82, 2.24) is 4.72 Å². The lowest BCUT2D eigenvalue weighted by atomic mass is 10.0. The lowest BCUT2D eigenvalue weighted by Crippen LogP contribution is -2.43. The second-order valence-electron chi connectivity index (χ2n) is 5.52. The zero-order valence-electron chi connectivity index (χ0n) is 12.2. The Hall–Kier alpha value is -1.68. The lowest BCUT2D eigenvalue weighted by Gasteiger charge is -2.25. The van der Waals surface area contributed by atoms with Gasteiger partial charge < -0.3 is 5.11 Å². The molecule has 0 radical (unpaired) electrons. The van der Waals surface area contributed by atoms with Crippen LogP contribution in [-0.4, -0.2) is 25.0 Å². The van der Waals surface area contributed by atoms with Crippen molar-refractivity contribution in [3.8, 4) is 0 Å². The Kier molecular flexibility index (Phi) is 5.42. The van der Waals surface area contributed by atoms with Crippen LogP contribution in [0.25, 0.3) is 0 Å². The Morgan fingerprint density at radius 2 is 1.83 bits per heavy atom. The van der Waals surface area contributed by atoms with Crippen molar-refractivity contribution < 1.29 is 35.9 Å². The zero-order valence-corrected chi connectivity index (χ0v) is 13.1. The first-order valence-corrected chi connectivity index (χ1v) is 7.85. The van der Waals surface area contributed by atoms with Crippen LogP contribution in [0.3, 0.4) is 0 Å². The molecule has 0 saturated carbocycles.